The molecule has 0 spiro atoms. The SMILES string of the molecule is O=C(O)c1cccc(N2CCCC2C(=O)O)c1. The molecule has 1 aromatic carbocycles. The van der Waals surface area contributed by atoms with E-state index in [2.05, 4.69) is 0 Å². The summed E-state index contributed by atoms with van der Waals surface area (Å²) >= 11 is 0. The van der Waals surface area contributed by atoms with Crippen molar-refractivity contribution in [3.8, 4) is 0 Å². The maximum atomic E-state index is 11.0. The first kappa shape index (κ1) is 11.4. The second-order valence-corrected chi connectivity index (χ2v) is 4.05. The Morgan fingerprint density at radius 2 is 2.06 bits per heavy atom. The molecule has 5 heteroatoms. The standard InChI is InChI=1S/C12H13NO4/c14-11(15)8-3-1-4-9(7-8)13-6-2-5-10(13)12(16)17/h1,3-4,7,10H,2,5-6H2,(H,14,15)(H,16,17). The minimum atomic E-state index is -1.00. The molecule has 0 aliphatic carbocycles. The highest BCUT2D eigenvalue weighted by Gasteiger charge is 2.30. The van der Waals surface area contributed by atoms with Crippen LogP contribution in [0.2, 0.25) is 0 Å². The fourth-order valence-electron chi connectivity index (χ4n) is 2.15. The van der Waals surface area contributed by atoms with Gasteiger partial charge in [0, 0.05) is 12.2 Å². The molecule has 2 rings (SSSR count). The zero-order valence-corrected chi connectivity index (χ0v) is 9.17. The van der Waals surface area contributed by atoms with Crippen molar-refractivity contribution in [1.82, 2.24) is 0 Å². The first-order valence-electron chi connectivity index (χ1n) is 5.42. The summed E-state index contributed by atoms with van der Waals surface area (Å²) in [5, 5.41) is 18.0. The van der Waals surface area contributed by atoms with Crippen LogP contribution in [0.3, 0.4) is 0 Å². The topological polar surface area (TPSA) is 77.8 Å². The van der Waals surface area contributed by atoms with Crippen LogP contribution in [0.4, 0.5) is 5.69 Å². The van der Waals surface area contributed by atoms with Gasteiger partial charge in [-0.1, -0.05) is 6.07 Å². The first-order valence-corrected chi connectivity index (χ1v) is 5.42. The third-order valence-corrected chi connectivity index (χ3v) is 2.96. The maximum Gasteiger partial charge on any atom is 0.335 e. The predicted octanol–water partition coefficient (Wildman–Crippen LogP) is 1.44. The monoisotopic (exact) mass is 235 g/mol. The summed E-state index contributed by atoms with van der Waals surface area (Å²) in [7, 11) is 0. The molecular formula is C12H13NO4. The highest BCUT2D eigenvalue weighted by Crippen LogP contribution is 2.26. The Kier molecular flexibility index (Phi) is 2.99. The van der Waals surface area contributed by atoms with Gasteiger partial charge < -0.3 is 15.1 Å². The second-order valence-electron chi connectivity index (χ2n) is 4.05. The van der Waals surface area contributed by atoms with E-state index >= 15 is 0 Å². The van der Waals surface area contributed by atoms with Crippen molar-refractivity contribution in [2.45, 2.75) is 18.9 Å². The average Bonchev–Trinajstić information content (AvgIpc) is 2.78. The van der Waals surface area contributed by atoms with E-state index < -0.39 is 18.0 Å². The van der Waals surface area contributed by atoms with Crippen LogP contribution < -0.4 is 4.90 Å². The summed E-state index contributed by atoms with van der Waals surface area (Å²) in [6.45, 7) is 0.653. The minimum absolute atomic E-state index is 0.179. The van der Waals surface area contributed by atoms with Gasteiger partial charge in [0.2, 0.25) is 0 Å². The number of aromatic carboxylic acids is 1. The summed E-state index contributed by atoms with van der Waals surface area (Å²) in [5.74, 6) is -1.86. The van der Waals surface area contributed by atoms with Crippen LogP contribution in [0.5, 0.6) is 0 Å². The molecule has 17 heavy (non-hydrogen) atoms. The Labute approximate surface area is 98.3 Å². The summed E-state index contributed by atoms with van der Waals surface area (Å²) < 4.78 is 0. The zero-order valence-electron chi connectivity index (χ0n) is 9.17. The van der Waals surface area contributed by atoms with Crippen LogP contribution in [0.15, 0.2) is 24.3 Å². The number of benzene rings is 1. The summed E-state index contributed by atoms with van der Waals surface area (Å²) in [5.41, 5.74) is 0.841. The van der Waals surface area contributed by atoms with Crippen LogP contribution in [0, 0.1) is 0 Å². The van der Waals surface area contributed by atoms with Gasteiger partial charge in [-0.3, -0.25) is 0 Å². The van der Waals surface area contributed by atoms with Crippen molar-refractivity contribution in [2.24, 2.45) is 0 Å². The molecule has 1 aromatic rings. The Morgan fingerprint density at radius 3 is 2.71 bits per heavy atom. The Morgan fingerprint density at radius 1 is 1.29 bits per heavy atom. The molecule has 90 valence electrons. The van der Waals surface area contributed by atoms with Gasteiger partial charge in [0.1, 0.15) is 6.04 Å². The first-order chi connectivity index (χ1) is 8.09. The van der Waals surface area contributed by atoms with Crippen LogP contribution >= 0.6 is 0 Å². The van der Waals surface area contributed by atoms with E-state index in [1.54, 1.807) is 17.0 Å². The minimum Gasteiger partial charge on any atom is -0.480 e. The highest BCUT2D eigenvalue weighted by molar-refractivity contribution is 5.89. The van der Waals surface area contributed by atoms with E-state index in [4.69, 9.17) is 10.2 Å². The smallest absolute Gasteiger partial charge is 0.335 e. The molecule has 1 atom stereocenters. The fraction of sp³-hybridized carbons (Fsp3) is 0.333. The fourth-order valence-corrected chi connectivity index (χ4v) is 2.15. The second kappa shape index (κ2) is 4.45. The molecule has 0 aromatic heterocycles. The molecule has 1 fully saturated rings. The van der Waals surface area contributed by atoms with E-state index in [1.165, 1.54) is 12.1 Å². The third-order valence-electron chi connectivity index (χ3n) is 2.96. The molecule has 0 amide bonds. The van der Waals surface area contributed by atoms with Crippen molar-refractivity contribution in [1.29, 1.82) is 0 Å². The van der Waals surface area contributed by atoms with E-state index in [9.17, 15) is 9.59 Å². The molecule has 1 aliphatic rings. The normalized spacial score (nSPS) is 19.3. The molecule has 1 aliphatic heterocycles. The lowest BCUT2D eigenvalue weighted by Crippen LogP contribution is -2.35. The van der Waals surface area contributed by atoms with Gasteiger partial charge in [-0.15, -0.1) is 0 Å². The molecular weight excluding hydrogens is 222 g/mol. The molecule has 5 nitrogen and oxygen atoms in total. The zero-order chi connectivity index (χ0) is 12.4. The van der Waals surface area contributed by atoms with E-state index in [1.807, 2.05) is 0 Å². The quantitative estimate of drug-likeness (QED) is 0.828. The number of anilines is 1. The van der Waals surface area contributed by atoms with Crippen molar-refractivity contribution >= 4 is 17.6 Å². The van der Waals surface area contributed by atoms with E-state index in [-0.39, 0.29) is 5.56 Å². The van der Waals surface area contributed by atoms with Crippen LogP contribution in [0.25, 0.3) is 0 Å². The molecule has 0 radical (unpaired) electrons. The van der Waals surface area contributed by atoms with Crippen LogP contribution in [-0.4, -0.2) is 34.7 Å². The Balaban J connectivity index is 2.30. The van der Waals surface area contributed by atoms with Gasteiger partial charge in [-0.2, -0.15) is 0 Å². The summed E-state index contributed by atoms with van der Waals surface area (Å²) in [4.78, 5) is 23.6. The lowest BCUT2D eigenvalue weighted by Gasteiger charge is -2.23. The lowest BCUT2D eigenvalue weighted by atomic mass is 10.1. The van der Waals surface area contributed by atoms with E-state index in [0.29, 0.717) is 18.7 Å². The number of carbonyl (C=O) groups is 2. The number of hydrogen-bond acceptors (Lipinski definition) is 3. The average molecular weight is 235 g/mol. The molecule has 1 heterocycles. The number of nitrogens with zero attached hydrogens (tertiary/aromatic N) is 1. The third kappa shape index (κ3) is 2.22. The summed E-state index contributed by atoms with van der Waals surface area (Å²) in [6.07, 6.45) is 1.42. The van der Waals surface area contributed by atoms with Crippen LogP contribution in [0.1, 0.15) is 23.2 Å². The highest BCUT2D eigenvalue weighted by atomic mass is 16.4. The predicted molar refractivity (Wildman–Crippen MR) is 61.4 cm³/mol. The number of aliphatic carboxylic acids is 1. The van der Waals surface area contributed by atoms with Gasteiger partial charge in [0.15, 0.2) is 0 Å². The number of carboxylic acid groups (broad SMARTS) is 2. The summed E-state index contributed by atoms with van der Waals surface area (Å²) in [6, 6.07) is 5.85. The largest absolute Gasteiger partial charge is 0.480 e. The maximum absolute atomic E-state index is 11.0. The van der Waals surface area contributed by atoms with E-state index in [0.717, 1.165) is 6.42 Å². The molecule has 1 saturated heterocycles. The Bertz CT molecular complexity index is 458. The van der Waals surface area contributed by atoms with Gasteiger partial charge in [0.05, 0.1) is 5.56 Å². The molecule has 0 bridgehead atoms. The molecule has 1 unspecified atom stereocenters. The van der Waals surface area contributed by atoms with Crippen LogP contribution in [-0.2, 0) is 4.79 Å². The number of hydrogen-bond donors (Lipinski definition) is 2. The molecule has 2 N–H and O–H groups in total. The number of carboxylic acids is 2. The van der Waals surface area contributed by atoms with Gasteiger partial charge >= 0.3 is 11.9 Å². The lowest BCUT2D eigenvalue weighted by molar-refractivity contribution is -0.138. The van der Waals surface area contributed by atoms with Gasteiger partial charge in [-0.05, 0) is 31.0 Å². The number of rotatable bonds is 3. The molecule has 0 saturated carbocycles. The van der Waals surface area contributed by atoms with Crippen molar-refractivity contribution < 1.29 is 19.8 Å². The van der Waals surface area contributed by atoms with Crippen molar-refractivity contribution in [3.63, 3.8) is 0 Å². The Hall–Kier alpha value is -2.04. The van der Waals surface area contributed by atoms with Gasteiger partial charge in [0.25, 0.3) is 0 Å². The van der Waals surface area contributed by atoms with Crippen molar-refractivity contribution in [2.75, 3.05) is 11.4 Å². The van der Waals surface area contributed by atoms with Crippen molar-refractivity contribution in [3.05, 3.63) is 29.8 Å². The van der Waals surface area contributed by atoms with Gasteiger partial charge in [-0.25, -0.2) is 9.59 Å².